The van der Waals surface area contributed by atoms with Crippen molar-refractivity contribution in [2.45, 2.75) is 25.2 Å². The van der Waals surface area contributed by atoms with Crippen molar-refractivity contribution < 1.29 is 5.11 Å². The number of benzene rings is 1. The molecule has 0 spiro atoms. The van der Waals surface area contributed by atoms with Crippen LogP contribution in [-0.2, 0) is 5.75 Å². The van der Waals surface area contributed by atoms with Crippen LogP contribution < -0.4 is 0 Å². The summed E-state index contributed by atoms with van der Waals surface area (Å²) in [7, 11) is 0. The highest BCUT2D eigenvalue weighted by Gasteiger charge is 2.04. The monoisotopic (exact) mass is 208 g/mol. The molecule has 0 unspecified atom stereocenters. The van der Waals surface area contributed by atoms with E-state index >= 15 is 0 Å². The molecule has 0 atom stereocenters. The third kappa shape index (κ3) is 5.10. The van der Waals surface area contributed by atoms with Crippen LogP contribution in [0, 0.1) is 0 Å². The number of hydrogen-bond acceptors (Lipinski definition) is 2. The Morgan fingerprint density at radius 1 is 1.29 bits per heavy atom. The Morgan fingerprint density at radius 2 is 1.93 bits per heavy atom. The Bertz CT molecular complexity index is 285. The van der Waals surface area contributed by atoms with E-state index in [1.54, 1.807) is 31.7 Å². The molecule has 76 valence electrons. The van der Waals surface area contributed by atoms with Crippen molar-refractivity contribution in [3.8, 4) is 0 Å². The molecular weight excluding hydrogens is 192 g/mol. The van der Waals surface area contributed by atoms with Gasteiger partial charge >= 0.3 is 0 Å². The minimum atomic E-state index is -0.705. The Balaban J connectivity index is 2.33. The Labute approximate surface area is 89.8 Å². The SMILES string of the molecule is CC(C)(O)/C=C/SCc1ccccc1. The molecule has 1 rings (SSSR count). The lowest BCUT2D eigenvalue weighted by Gasteiger charge is -2.09. The molecule has 0 saturated carbocycles. The fourth-order valence-electron chi connectivity index (χ4n) is 0.933. The first-order chi connectivity index (χ1) is 6.58. The van der Waals surface area contributed by atoms with Crippen molar-refractivity contribution in [3.05, 3.63) is 47.4 Å². The van der Waals surface area contributed by atoms with Crippen molar-refractivity contribution in [2.75, 3.05) is 0 Å². The first-order valence-electron chi connectivity index (χ1n) is 4.63. The van der Waals surface area contributed by atoms with Crippen LogP contribution >= 0.6 is 11.8 Å². The predicted octanol–water partition coefficient (Wildman–Crippen LogP) is 3.20. The third-order valence-corrected chi connectivity index (χ3v) is 2.49. The van der Waals surface area contributed by atoms with E-state index in [4.69, 9.17) is 0 Å². The third-order valence-electron chi connectivity index (χ3n) is 1.66. The maximum Gasteiger partial charge on any atom is 0.0779 e. The fourth-order valence-corrected chi connectivity index (χ4v) is 1.84. The van der Waals surface area contributed by atoms with Gasteiger partial charge in [0.05, 0.1) is 5.60 Å². The van der Waals surface area contributed by atoms with Crippen molar-refractivity contribution in [2.24, 2.45) is 0 Å². The summed E-state index contributed by atoms with van der Waals surface area (Å²) >= 11 is 1.69. The fraction of sp³-hybridized carbons (Fsp3) is 0.333. The average molecular weight is 208 g/mol. The van der Waals surface area contributed by atoms with Crippen molar-refractivity contribution in [1.82, 2.24) is 0 Å². The molecule has 0 bridgehead atoms. The van der Waals surface area contributed by atoms with E-state index in [2.05, 4.69) is 12.1 Å². The maximum absolute atomic E-state index is 9.41. The molecule has 0 aromatic heterocycles. The van der Waals surface area contributed by atoms with Crippen LogP contribution in [0.5, 0.6) is 0 Å². The Morgan fingerprint density at radius 3 is 2.50 bits per heavy atom. The average Bonchev–Trinajstić information content (AvgIpc) is 2.13. The van der Waals surface area contributed by atoms with Crippen LogP contribution in [0.2, 0.25) is 0 Å². The van der Waals surface area contributed by atoms with Crippen molar-refractivity contribution in [3.63, 3.8) is 0 Å². The van der Waals surface area contributed by atoms with Gasteiger partial charge in [0.25, 0.3) is 0 Å². The lowest BCUT2D eigenvalue weighted by Crippen LogP contribution is -2.13. The second kappa shape index (κ2) is 5.23. The van der Waals surface area contributed by atoms with Crippen LogP contribution in [0.4, 0.5) is 0 Å². The van der Waals surface area contributed by atoms with Crippen LogP contribution in [-0.4, -0.2) is 10.7 Å². The van der Waals surface area contributed by atoms with E-state index in [0.29, 0.717) is 0 Å². The molecule has 1 N–H and O–H groups in total. The van der Waals surface area contributed by atoms with Gasteiger partial charge in [-0.3, -0.25) is 0 Å². The van der Waals surface area contributed by atoms with Gasteiger partial charge in [-0.15, -0.1) is 11.8 Å². The van der Waals surface area contributed by atoms with Gasteiger partial charge in [-0.25, -0.2) is 0 Å². The van der Waals surface area contributed by atoms with Gasteiger partial charge in [0.2, 0.25) is 0 Å². The van der Waals surface area contributed by atoms with E-state index in [0.717, 1.165) is 5.75 Å². The van der Waals surface area contributed by atoms with Crippen molar-refractivity contribution >= 4 is 11.8 Å². The molecule has 14 heavy (non-hydrogen) atoms. The van der Waals surface area contributed by atoms with Gasteiger partial charge in [0.1, 0.15) is 0 Å². The normalized spacial score (nSPS) is 12.2. The first kappa shape index (κ1) is 11.3. The quantitative estimate of drug-likeness (QED) is 0.820. The molecule has 2 heteroatoms. The summed E-state index contributed by atoms with van der Waals surface area (Å²) in [6.07, 6.45) is 1.81. The summed E-state index contributed by atoms with van der Waals surface area (Å²) in [5.74, 6) is 0.952. The van der Waals surface area contributed by atoms with Gasteiger partial charge < -0.3 is 5.11 Å². The zero-order valence-electron chi connectivity index (χ0n) is 8.60. The van der Waals surface area contributed by atoms with Gasteiger partial charge in [-0.05, 0) is 30.9 Å². The number of aliphatic hydroxyl groups is 1. The summed E-state index contributed by atoms with van der Waals surface area (Å²) in [5.41, 5.74) is 0.599. The molecule has 0 aliphatic rings. The van der Waals surface area contributed by atoms with E-state index in [-0.39, 0.29) is 0 Å². The van der Waals surface area contributed by atoms with Crippen molar-refractivity contribution in [1.29, 1.82) is 0 Å². The van der Waals surface area contributed by atoms with Gasteiger partial charge in [-0.1, -0.05) is 30.3 Å². The van der Waals surface area contributed by atoms with Crippen LogP contribution in [0.15, 0.2) is 41.8 Å². The Hall–Kier alpha value is -0.730. The zero-order chi connectivity index (χ0) is 10.4. The van der Waals surface area contributed by atoms with Gasteiger partial charge in [-0.2, -0.15) is 0 Å². The second-order valence-corrected chi connectivity index (χ2v) is 4.65. The molecule has 0 heterocycles. The predicted molar refractivity (Wildman–Crippen MR) is 63.2 cm³/mol. The van der Waals surface area contributed by atoms with Gasteiger partial charge in [0.15, 0.2) is 0 Å². The molecule has 0 radical (unpaired) electrons. The standard InChI is InChI=1S/C12H16OS/c1-12(2,13)8-9-14-10-11-6-4-3-5-7-11/h3-9,13H,10H2,1-2H3/b9-8+. The topological polar surface area (TPSA) is 20.2 Å². The molecule has 0 aliphatic carbocycles. The van der Waals surface area contributed by atoms with Gasteiger partial charge in [0, 0.05) is 5.75 Å². The second-order valence-electron chi connectivity index (χ2n) is 3.75. The summed E-state index contributed by atoms with van der Waals surface area (Å²) in [5, 5.41) is 11.4. The van der Waals surface area contributed by atoms with Crippen LogP contribution in [0.1, 0.15) is 19.4 Å². The van der Waals surface area contributed by atoms with Crippen LogP contribution in [0.3, 0.4) is 0 Å². The largest absolute Gasteiger partial charge is 0.386 e. The highest BCUT2D eigenvalue weighted by Crippen LogP contribution is 2.14. The highest BCUT2D eigenvalue weighted by molar-refractivity contribution is 8.01. The smallest absolute Gasteiger partial charge is 0.0779 e. The summed E-state index contributed by atoms with van der Waals surface area (Å²) < 4.78 is 0. The first-order valence-corrected chi connectivity index (χ1v) is 5.68. The number of hydrogen-bond donors (Lipinski definition) is 1. The maximum atomic E-state index is 9.41. The zero-order valence-corrected chi connectivity index (χ0v) is 9.42. The van der Waals surface area contributed by atoms with E-state index < -0.39 is 5.60 Å². The van der Waals surface area contributed by atoms with E-state index in [1.807, 2.05) is 23.6 Å². The minimum Gasteiger partial charge on any atom is -0.386 e. The Kier molecular flexibility index (Phi) is 4.23. The van der Waals surface area contributed by atoms with Crippen LogP contribution in [0.25, 0.3) is 0 Å². The summed E-state index contributed by atoms with van der Waals surface area (Å²) in [6.45, 7) is 3.54. The minimum absolute atomic E-state index is 0.705. The molecule has 1 nitrogen and oxygen atoms in total. The molecular formula is C12H16OS. The lowest BCUT2D eigenvalue weighted by molar-refractivity contribution is 0.133. The molecule has 0 fully saturated rings. The summed E-state index contributed by atoms with van der Waals surface area (Å²) in [4.78, 5) is 0. The van der Waals surface area contributed by atoms with E-state index in [1.165, 1.54) is 5.56 Å². The molecule has 0 aliphatic heterocycles. The molecule has 1 aromatic carbocycles. The molecule has 0 amide bonds. The number of rotatable bonds is 4. The van der Waals surface area contributed by atoms with E-state index in [9.17, 15) is 5.11 Å². The number of thioether (sulfide) groups is 1. The lowest BCUT2D eigenvalue weighted by atomic mass is 10.1. The summed E-state index contributed by atoms with van der Waals surface area (Å²) in [6, 6.07) is 10.3. The highest BCUT2D eigenvalue weighted by atomic mass is 32.2. The molecule has 0 saturated heterocycles. The molecule has 1 aromatic rings.